The van der Waals surface area contributed by atoms with Gasteiger partial charge in [-0.3, -0.25) is 9.59 Å². The number of hydrogen-bond acceptors (Lipinski definition) is 4. The fraction of sp³-hybridized carbons (Fsp3) is 0.400. The first-order valence-corrected chi connectivity index (χ1v) is 12.3. The third-order valence-electron chi connectivity index (χ3n) is 8.88. The lowest BCUT2D eigenvalue weighted by Gasteiger charge is -2.41. The summed E-state index contributed by atoms with van der Waals surface area (Å²) < 4.78 is 10.4. The Morgan fingerprint density at radius 1 is 0.706 bits per heavy atom. The molecule has 0 aromatic heterocycles. The van der Waals surface area contributed by atoms with Crippen LogP contribution in [-0.4, -0.2) is 26.2 Å². The van der Waals surface area contributed by atoms with Gasteiger partial charge in [0.05, 0.1) is 14.2 Å². The minimum Gasteiger partial charge on any atom is -0.468 e. The van der Waals surface area contributed by atoms with E-state index in [9.17, 15) is 9.59 Å². The first-order valence-electron chi connectivity index (χ1n) is 12.3. The number of rotatable bonds is 4. The molecular formula is C30H30O4. The predicted octanol–water partition coefficient (Wildman–Crippen LogP) is 5.70. The number of hydrogen-bond donors (Lipinski definition) is 0. The predicted molar refractivity (Wildman–Crippen MR) is 130 cm³/mol. The van der Waals surface area contributed by atoms with Gasteiger partial charge in [0.1, 0.15) is 0 Å². The van der Waals surface area contributed by atoms with Gasteiger partial charge in [0.25, 0.3) is 0 Å². The number of carbonyl (C=O) groups is 2. The number of allylic oxidation sites excluding steroid dienone is 4. The molecule has 0 amide bonds. The molecule has 3 fully saturated rings. The fourth-order valence-corrected chi connectivity index (χ4v) is 7.65. The van der Waals surface area contributed by atoms with E-state index < -0.39 is 17.4 Å². The molecule has 4 atom stereocenters. The zero-order chi connectivity index (χ0) is 23.4. The van der Waals surface area contributed by atoms with E-state index in [1.165, 1.54) is 55.8 Å². The van der Waals surface area contributed by atoms with E-state index in [0.29, 0.717) is 36.5 Å². The zero-order valence-electron chi connectivity index (χ0n) is 19.8. The number of benzene rings is 2. The van der Waals surface area contributed by atoms with Crippen molar-refractivity contribution >= 4 is 23.1 Å². The third-order valence-corrected chi connectivity index (χ3v) is 8.88. The van der Waals surface area contributed by atoms with Gasteiger partial charge in [-0.2, -0.15) is 0 Å². The number of fused-ring (bicyclic) bond motifs is 6. The second-order valence-corrected chi connectivity index (χ2v) is 10.3. The van der Waals surface area contributed by atoms with Gasteiger partial charge in [-0.05, 0) is 76.4 Å². The normalized spacial score (nSPS) is 28.5. The number of ether oxygens (including phenoxy) is 2. The van der Waals surface area contributed by atoms with Gasteiger partial charge in [-0.25, -0.2) is 0 Å². The van der Waals surface area contributed by atoms with Crippen molar-refractivity contribution in [2.45, 2.75) is 32.1 Å². The minimum atomic E-state index is -1.33. The maximum atomic E-state index is 13.2. The molecule has 2 aromatic rings. The number of methoxy groups -OCH3 is 2. The first kappa shape index (κ1) is 21.4. The van der Waals surface area contributed by atoms with Crippen LogP contribution in [0.15, 0.2) is 71.8 Å². The standard InChI is InChI=1S/C30H30O4/c1-33-28(31)30(29(32)34-2)16-22-23(17-30)25(19-11-7-4-8-12-19)27-21-14-13-20(15-21)26(27)24(22)18-9-5-3-6-10-18/h3-12,20-21,26-27H,13-17H2,1-2H3. The van der Waals surface area contributed by atoms with Crippen molar-refractivity contribution in [3.63, 3.8) is 0 Å². The molecule has 4 unspecified atom stereocenters. The lowest BCUT2D eigenvalue weighted by molar-refractivity contribution is -0.168. The topological polar surface area (TPSA) is 52.6 Å². The van der Waals surface area contributed by atoms with Crippen LogP contribution in [0, 0.1) is 29.1 Å². The van der Waals surface area contributed by atoms with Crippen molar-refractivity contribution in [3.05, 3.63) is 82.9 Å². The van der Waals surface area contributed by atoms with E-state index in [1.54, 1.807) is 0 Å². The van der Waals surface area contributed by atoms with Gasteiger partial charge in [-0.15, -0.1) is 0 Å². The fourth-order valence-electron chi connectivity index (χ4n) is 7.65. The van der Waals surface area contributed by atoms with E-state index in [1.807, 2.05) is 12.1 Å². The molecule has 4 nitrogen and oxygen atoms in total. The smallest absolute Gasteiger partial charge is 0.323 e. The largest absolute Gasteiger partial charge is 0.468 e. The molecule has 2 bridgehead atoms. The Labute approximate surface area is 200 Å². The van der Waals surface area contributed by atoms with Crippen molar-refractivity contribution in [2.75, 3.05) is 14.2 Å². The molecule has 4 aliphatic rings. The van der Waals surface area contributed by atoms with Crippen LogP contribution in [-0.2, 0) is 19.1 Å². The highest BCUT2D eigenvalue weighted by Gasteiger charge is 2.60. The molecule has 0 radical (unpaired) electrons. The second kappa shape index (κ2) is 7.97. The van der Waals surface area contributed by atoms with Gasteiger partial charge in [0, 0.05) is 12.8 Å². The van der Waals surface area contributed by atoms with Gasteiger partial charge in [-0.1, -0.05) is 60.7 Å². The van der Waals surface area contributed by atoms with Crippen LogP contribution >= 0.6 is 0 Å². The van der Waals surface area contributed by atoms with Gasteiger partial charge >= 0.3 is 11.9 Å². The quantitative estimate of drug-likeness (QED) is 0.440. The summed E-state index contributed by atoms with van der Waals surface area (Å²) in [6.07, 6.45) is 4.45. The molecule has 0 aliphatic heterocycles. The SMILES string of the molecule is COC(=O)C1(C(=O)OC)CC2=C(c3ccccc3)C3C4CCC(C4)C3C(c3ccccc3)=C2C1. The first-order chi connectivity index (χ1) is 16.6. The monoisotopic (exact) mass is 454 g/mol. The summed E-state index contributed by atoms with van der Waals surface area (Å²) in [5.74, 6) is 1.12. The van der Waals surface area contributed by atoms with Crippen LogP contribution in [0.4, 0.5) is 0 Å². The zero-order valence-corrected chi connectivity index (χ0v) is 19.8. The van der Waals surface area contributed by atoms with Gasteiger partial charge in [0.15, 0.2) is 5.41 Å². The second-order valence-electron chi connectivity index (χ2n) is 10.3. The summed E-state index contributed by atoms with van der Waals surface area (Å²) in [5.41, 5.74) is 6.13. The molecule has 174 valence electrons. The number of carbonyl (C=O) groups excluding carboxylic acids is 2. The Morgan fingerprint density at radius 2 is 1.12 bits per heavy atom. The Bertz CT molecular complexity index is 1110. The molecule has 34 heavy (non-hydrogen) atoms. The number of esters is 2. The third kappa shape index (κ3) is 2.90. The molecule has 3 saturated carbocycles. The van der Waals surface area contributed by atoms with Crippen LogP contribution < -0.4 is 0 Å². The van der Waals surface area contributed by atoms with Crippen molar-refractivity contribution in [3.8, 4) is 0 Å². The summed E-state index contributed by atoms with van der Waals surface area (Å²) in [5, 5.41) is 0. The summed E-state index contributed by atoms with van der Waals surface area (Å²) in [6, 6.07) is 21.2. The molecule has 4 heteroatoms. The van der Waals surface area contributed by atoms with Crippen LogP contribution in [0.5, 0.6) is 0 Å². The Morgan fingerprint density at radius 3 is 1.50 bits per heavy atom. The van der Waals surface area contributed by atoms with E-state index in [4.69, 9.17) is 9.47 Å². The average Bonchev–Trinajstić information content (AvgIpc) is 3.61. The van der Waals surface area contributed by atoms with Crippen molar-refractivity contribution in [1.29, 1.82) is 0 Å². The van der Waals surface area contributed by atoms with E-state index >= 15 is 0 Å². The highest BCUT2D eigenvalue weighted by molar-refractivity contribution is 6.04. The highest BCUT2D eigenvalue weighted by atomic mass is 16.5. The lowest BCUT2D eigenvalue weighted by atomic mass is 9.63. The molecule has 4 aliphatic carbocycles. The van der Waals surface area contributed by atoms with E-state index in [2.05, 4.69) is 48.5 Å². The summed E-state index contributed by atoms with van der Waals surface area (Å²) in [7, 11) is 2.73. The molecule has 0 heterocycles. The summed E-state index contributed by atoms with van der Waals surface area (Å²) >= 11 is 0. The van der Waals surface area contributed by atoms with Crippen molar-refractivity contribution < 1.29 is 19.1 Å². The average molecular weight is 455 g/mol. The van der Waals surface area contributed by atoms with Gasteiger partial charge in [0.2, 0.25) is 0 Å². The molecule has 0 saturated heterocycles. The maximum absolute atomic E-state index is 13.2. The van der Waals surface area contributed by atoms with Crippen LogP contribution in [0.2, 0.25) is 0 Å². The van der Waals surface area contributed by atoms with Crippen LogP contribution in [0.3, 0.4) is 0 Å². The molecule has 0 spiro atoms. The Kier molecular flexibility index (Phi) is 5.02. The summed E-state index contributed by atoms with van der Waals surface area (Å²) in [4.78, 5) is 26.4. The molecule has 0 N–H and O–H groups in total. The molecule has 6 rings (SSSR count). The molecule has 2 aromatic carbocycles. The van der Waals surface area contributed by atoms with Crippen molar-refractivity contribution in [2.24, 2.45) is 29.1 Å². The van der Waals surface area contributed by atoms with E-state index in [0.717, 1.165) is 11.1 Å². The minimum absolute atomic E-state index is 0.336. The Hall–Kier alpha value is -3.14. The van der Waals surface area contributed by atoms with Gasteiger partial charge < -0.3 is 9.47 Å². The Balaban J connectivity index is 1.66. The van der Waals surface area contributed by atoms with Crippen LogP contribution in [0.25, 0.3) is 11.1 Å². The highest BCUT2D eigenvalue weighted by Crippen LogP contribution is 2.67. The van der Waals surface area contributed by atoms with Crippen molar-refractivity contribution in [1.82, 2.24) is 0 Å². The van der Waals surface area contributed by atoms with Crippen LogP contribution in [0.1, 0.15) is 43.2 Å². The lowest BCUT2D eigenvalue weighted by Crippen LogP contribution is -2.38. The molecular weight excluding hydrogens is 424 g/mol. The summed E-state index contributed by atoms with van der Waals surface area (Å²) in [6.45, 7) is 0. The maximum Gasteiger partial charge on any atom is 0.323 e. The van der Waals surface area contributed by atoms with E-state index in [-0.39, 0.29) is 0 Å².